The first-order valence-electron chi connectivity index (χ1n) is 6.07. The van der Waals surface area contributed by atoms with Gasteiger partial charge in [-0.05, 0) is 27.1 Å². The lowest BCUT2D eigenvalue weighted by atomic mass is 10.1. The van der Waals surface area contributed by atoms with Crippen LogP contribution < -0.4 is 5.32 Å². The molecule has 2 aromatic rings. The SMILES string of the molecule is O=[N+]([O-])c1cc(Br)c(F)cc1NCc1cccc(CO)c1. The Morgan fingerprint density at radius 1 is 1.29 bits per heavy atom. The van der Waals surface area contributed by atoms with Gasteiger partial charge in [0.05, 0.1) is 16.0 Å². The molecule has 0 aliphatic carbocycles. The van der Waals surface area contributed by atoms with Gasteiger partial charge in [-0.2, -0.15) is 0 Å². The van der Waals surface area contributed by atoms with Crippen LogP contribution in [0.4, 0.5) is 15.8 Å². The summed E-state index contributed by atoms with van der Waals surface area (Å²) in [5.41, 5.74) is 1.47. The van der Waals surface area contributed by atoms with Crippen LogP contribution in [0.3, 0.4) is 0 Å². The van der Waals surface area contributed by atoms with Gasteiger partial charge in [-0.15, -0.1) is 0 Å². The highest BCUT2D eigenvalue weighted by molar-refractivity contribution is 9.10. The number of hydrogen-bond acceptors (Lipinski definition) is 4. The van der Waals surface area contributed by atoms with E-state index < -0.39 is 10.7 Å². The molecule has 2 N–H and O–H groups in total. The number of aliphatic hydroxyl groups excluding tert-OH is 1. The lowest BCUT2D eigenvalue weighted by Crippen LogP contribution is -2.04. The second-order valence-corrected chi connectivity index (χ2v) is 5.23. The molecular weight excluding hydrogens is 343 g/mol. The number of rotatable bonds is 5. The van der Waals surface area contributed by atoms with E-state index in [0.717, 1.165) is 23.3 Å². The summed E-state index contributed by atoms with van der Waals surface area (Å²) >= 11 is 2.93. The minimum absolute atomic E-state index is 0.0435. The van der Waals surface area contributed by atoms with Gasteiger partial charge in [0, 0.05) is 18.7 Å². The Bertz CT molecular complexity index is 679. The molecule has 21 heavy (non-hydrogen) atoms. The number of nitrogens with one attached hydrogen (secondary N) is 1. The maximum atomic E-state index is 13.5. The van der Waals surface area contributed by atoms with E-state index in [4.69, 9.17) is 5.11 Å². The zero-order chi connectivity index (χ0) is 15.4. The summed E-state index contributed by atoms with van der Waals surface area (Å²) in [4.78, 5) is 10.4. The zero-order valence-electron chi connectivity index (χ0n) is 10.8. The molecule has 0 bridgehead atoms. The summed E-state index contributed by atoms with van der Waals surface area (Å²) in [7, 11) is 0. The van der Waals surface area contributed by atoms with Crippen LogP contribution in [-0.4, -0.2) is 10.0 Å². The molecule has 0 amide bonds. The third-order valence-corrected chi connectivity index (χ3v) is 3.50. The number of hydrogen-bond donors (Lipinski definition) is 2. The maximum absolute atomic E-state index is 13.5. The highest BCUT2D eigenvalue weighted by atomic mass is 79.9. The second-order valence-electron chi connectivity index (χ2n) is 4.37. The molecule has 7 heteroatoms. The van der Waals surface area contributed by atoms with Gasteiger partial charge in [0.15, 0.2) is 0 Å². The fourth-order valence-corrected chi connectivity index (χ4v) is 2.20. The van der Waals surface area contributed by atoms with Crippen molar-refractivity contribution in [2.24, 2.45) is 0 Å². The molecule has 2 aromatic carbocycles. The smallest absolute Gasteiger partial charge is 0.293 e. The number of nitrogens with zero attached hydrogens (tertiary/aromatic N) is 1. The van der Waals surface area contributed by atoms with E-state index in [1.807, 2.05) is 6.07 Å². The normalized spacial score (nSPS) is 10.4. The summed E-state index contributed by atoms with van der Waals surface area (Å²) in [6.07, 6.45) is 0. The quantitative estimate of drug-likeness (QED) is 0.635. The molecule has 0 saturated carbocycles. The van der Waals surface area contributed by atoms with Crippen molar-refractivity contribution in [3.63, 3.8) is 0 Å². The molecule has 0 unspecified atom stereocenters. The molecule has 2 rings (SSSR count). The third kappa shape index (κ3) is 3.77. The Hall–Kier alpha value is -1.99. The van der Waals surface area contributed by atoms with E-state index >= 15 is 0 Å². The Labute approximate surface area is 128 Å². The number of halogens is 2. The fraction of sp³-hybridized carbons (Fsp3) is 0.143. The first-order valence-corrected chi connectivity index (χ1v) is 6.86. The Kier molecular flexibility index (Phi) is 4.87. The molecule has 0 radical (unpaired) electrons. The molecule has 0 aliphatic rings. The van der Waals surface area contributed by atoms with Crippen LogP contribution in [0.25, 0.3) is 0 Å². The van der Waals surface area contributed by atoms with Crippen molar-refractivity contribution in [2.45, 2.75) is 13.2 Å². The van der Waals surface area contributed by atoms with Gasteiger partial charge < -0.3 is 10.4 Å². The van der Waals surface area contributed by atoms with Crippen molar-refractivity contribution >= 4 is 27.3 Å². The van der Waals surface area contributed by atoms with Crippen molar-refractivity contribution < 1.29 is 14.4 Å². The molecule has 0 spiro atoms. The van der Waals surface area contributed by atoms with Crippen molar-refractivity contribution in [2.75, 3.05) is 5.32 Å². The molecular formula is C14H12BrFN2O3. The number of aliphatic hydroxyl groups is 1. The van der Waals surface area contributed by atoms with Crippen LogP contribution in [0.15, 0.2) is 40.9 Å². The van der Waals surface area contributed by atoms with E-state index in [2.05, 4.69) is 21.2 Å². The van der Waals surface area contributed by atoms with Gasteiger partial charge in [-0.25, -0.2) is 4.39 Å². The van der Waals surface area contributed by atoms with Crippen LogP contribution in [0, 0.1) is 15.9 Å². The van der Waals surface area contributed by atoms with E-state index in [-0.39, 0.29) is 29.0 Å². The molecule has 0 aliphatic heterocycles. The highest BCUT2D eigenvalue weighted by Crippen LogP contribution is 2.30. The lowest BCUT2D eigenvalue weighted by molar-refractivity contribution is -0.384. The fourth-order valence-electron chi connectivity index (χ4n) is 1.86. The van der Waals surface area contributed by atoms with Gasteiger partial charge in [0.1, 0.15) is 11.5 Å². The van der Waals surface area contributed by atoms with Crippen molar-refractivity contribution in [1.82, 2.24) is 0 Å². The Balaban J connectivity index is 2.22. The van der Waals surface area contributed by atoms with Crippen molar-refractivity contribution in [3.05, 3.63) is 67.9 Å². The van der Waals surface area contributed by atoms with Crippen LogP contribution in [0.1, 0.15) is 11.1 Å². The molecule has 0 atom stereocenters. The standard InChI is InChI=1S/C14H12BrFN2O3/c15-11-5-14(18(20)21)13(6-12(11)16)17-7-9-2-1-3-10(4-9)8-19/h1-6,17,19H,7-8H2. The predicted molar refractivity (Wildman–Crippen MR) is 80.4 cm³/mol. The van der Waals surface area contributed by atoms with Crippen molar-refractivity contribution in [3.8, 4) is 0 Å². The summed E-state index contributed by atoms with van der Waals surface area (Å²) in [5, 5.41) is 22.9. The number of anilines is 1. The number of benzene rings is 2. The van der Waals surface area contributed by atoms with Gasteiger partial charge in [-0.3, -0.25) is 10.1 Å². The lowest BCUT2D eigenvalue weighted by Gasteiger charge is -2.09. The summed E-state index contributed by atoms with van der Waals surface area (Å²) in [6.45, 7) is 0.205. The average Bonchev–Trinajstić information content (AvgIpc) is 2.48. The van der Waals surface area contributed by atoms with Crippen molar-refractivity contribution in [1.29, 1.82) is 0 Å². The molecule has 0 fully saturated rings. The van der Waals surface area contributed by atoms with Gasteiger partial charge in [0.25, 0.3) is 5.69 Å². The summed E-state index contributed by atoms with van der Waals surface area (Å²) < 4.78 is 13.6. The monoisotopic (exact) mass is 354 g/mol. The van der Waals surface area contributed by atoms with E-state index in [1.165, 1.54) is 0 Å². The van der Waals surface area contributed by atoms with Crippen LogP contribution in [0.5, 0.6) is 0 Å². The van der Waals surface area contributed by atoms with E-state index in [0.29, 0.717) is 0 Å². The third-order valence-electron chi connectivity index (χ3n) is 2.89. The van der Waals surface area contributed by atoms with Crippen LogP contribution in [0.2, 0.25) is 0 Å². The zero-order valence-corrected chi connectivity index (χ0v) is 12.4. The van der Waals surface area contributed by atoms with E-state index in [1.54, 1.807) is 18.2 Å². The Morgan fingerprint density at radius 2 is 2.00 bits per heavy atom. The maximum Gasteiger partial charge on any atom is 0.293 e. The van der Waals surface area contributed by atoms with Crippen LogP contribution in [-0.2, 0) is 13.2 Å². The Morgan fingerprint density at radius 3 is 2.67 bits per heavy atom. The predicted octanol–water partition coefficient (Wildman–Crippen LogP) is 3.60. The second kappa shape index (κ2) is 6.64. The number of nitro groups is 1. The molecule has 0 saturated heterocycles. The summed E-state index contributed by atoms with van der Waals surface area (Å²) in [6, 6.07) is 9.34. The number of nitro benzene ring substituents is 1. The average molecular weight is 355 g/mol. The summed E-state index contributed by atoms with van der Waals surface area (Å²) in [5.74, 6) is -0.577. The van der Waals surface area contributed by atoms with Gasteiger partial charge in [0.2, 0.25) is 0 Å². The van der Waals surface area contributed by atoms with E-state index in [9.17, 15) is 14.5 Å². The minimum Gasteiger partial charge on any atom is -0.392 e. The topological polar surface area (TPSA) is 75.4 Å². The molecule has 5 nitrogen and oxygen atoms in total. The first kappa shape index (κ1) is 15.4. The first-order chi connectivity index (χ1) is 10.0. The molecule has 110 valence electrons. The van der Waals surface area contributed by atoms with Gasteiger partial charge >= 0.3 is 0 Å². The minimum atomic E-state index is -0.577. The molecule has 0 aromatic heterocycles. The largest absolute Gasteiger partial charge is 0.392 e. The van der Waals surface area contributed by atoms with Crippen LogP contribution >= 0.6 is 15.9 Å². The highest BCUT2D eigenvalue weighted by Gasteiger charge is 2.17. The van der Waals surface area contributed by atoms with Gasteiger partial charge in [-0.1, -0.05) is 24.3 Å². The molecule has 0 heterocycles.